The van der Waals surface area contributed by atoms with E-state index < -0.39 is 0 Å². The van der Waals surface area contributed by atoms with Gasteiger partial charge in [0.05, 0.1) is 12.8 Å². The van der Waals surface area contributed by atoms with Crippen LogP contribution in [0.15, 0.2) is 88.7 Å². The van der Waals surface area contributed by atoms with Crippen LogP contribution in [0.4, 0.5) is 5.69 Å². The summed E-state index contributed by atoms with van der Waals surface area (Å²) in [6.45, 7) is 0. The maximum Gasteiger partial charge on any atom is 0.224 e. The Balaban J connectivity index is 1.60. The zero-order valence-corrected chi connectivity index (χ0v) is 15.5. The summed E-state index contributed by atoms with van der Waals surface area (Å²) in [7, 11) is 1.65. The van der Waals surface area contributed by atoms with Gasteiger partial charge in [0.2, 0.25) is 5.91 Å². The average molecular weight is 363 g/mol. The molecule has 0 saturated heterocycles. The van der Waals surface area contributed by atoms with Gasteiger partial charge in [-0.3, -0.25) is 4.79 Å². The van der Waals surface area contributed by atoms with Gasteiger partial charge in [0.15, 0.2) is 0 Å². The second-order valence-electron chi connectivity index (χ2n) is 5.81. The number of amides is 1. The van der Waals surface area contributed by atoms with E-state index in [4.69, 9.17) is 4.74 Å². The number of para-hydroxylation sites is 1. The standard InChI is InChI=1S/C22H21NO2S/c1-25-18-14-11-17(12-15-18)13-16-22(24)23-20-9-5-6-10-21(20)26-19-7-3-2-4-8-19/h2-12,14-15H,13,16H2,1H3,(H,23,24). The van der Waals surface area contributed by atoms with Gasteiger partial charge in [0, 0.05) is 16.2 Å². The molecule has 3 aromatic carbocycles. The number of rotatable bonds is 7. The van der Waals surface area contributed by atoms with Crippen molar-refractivity contribution in [3.63, 3.8) is 0 Å². The lowest BCUT2D eigenvalue weighted by Gasteiger charge is -2.11. The summed E-state index contributed by atoms with van der Waals surface area (Å²) in [5.41, 5.74) is 1.97. The summed E-state index contributed by atoms with van der Waals surface area (Å²) >= 11 is 1.65. The van der Waals surface area contributed by atoms with E-state index in [0.717, 1.165) is 26.8 Å². The predicted octanol–water partition coefficient (Wildman–Crippen LogP) is 5.42. The van der Waals surface area contributed by atoms with Crippen LogP contribution in [0, 0.1) is 0 Å². The molecule has 132 valence electrons. The van der Waals surface area contributed by atoms with E-state index >= 15 is 0 Å². The van der Waals surface area contributed by atoms with Crippen LogP contribution in [0.2, 0.25) is 0 Å². The molecule has 0 spiro atoms. The fourth-order valence-electron chi connectivity index (χ4n) is 2.54. The summed E-state index contributed by atoms with van der Waals surface area (Å²) in [5.74, 6) is 0.840. The molecule has 4 heteroatoms. The molecule has 1 N–H and O–H groups in total. The number of benzene rings is 3. The van der Waals surface area contributed by atoms with Crippen molar-refractivity contribution in [2.75, 3.05) is 12.4 Å². The summed E-state index contributed by atoms with van der Waals surface area (Å²) in [5, 5.41) is 3.04. The van der Waals surface area contributed by atoms with Crippen molar-refractivity contribution in [2.24, 2.45) is 0 Å². The Morgan fingerprint density at radius 1 is 0.923 bits per heavy atom. The molecule has 0 aliphatic carbocycles. The second kappa shape index (κ2) is 9.11. The third kappa shape index (κ3) is 5.14. The van der Waals surface area contributed by atoms with Gasteiger partial charge >= 0.3 is 0 Å². The van der Waals surface area contributed by atoms with Crippen molar-refractivity contribution in [3.8, 4) is 5.75 Å². The lowest BCUT2D eigenvalue weighted by Crippen LogP contribution is -2.12. The van der Waals surface area contributed by atoms with E-state index in [1.165, 1.54) is 0 Å². The minimum Gasteiger partial charge on any atom is -0.497 e. The van der Waals surface area contributed by atoms with Crippen LogP contribution in [0.25, 0.3) is 0 Å². The van der Waals surface area contributed by atoms with Gasteiger partial charge in [-0.25, -0.2) is 0 Å². The number of ether oxygens (including phenoxy) is 1. The van der Waals surface area contributed by atoms with Gasteiger partial charge in [0.1, 0.15) is 5.75 Å². The molecule has 0 bridgehead atoms. The second-order valence-corrected chi connectivity index (χ2v) is 6.92. The molecule has 0 fully saturated rings. The topological polar surface area (TPSA) is 38.3 Å². The van der Waals surface area contributed by atoms with E-state index in [1.807, 2.05) is 66.7 Å². The van der Waals surface area contributed by atoms with Crippen molar-refractivity contribution in [1.82, 2.24) is 0 Å². The fourth-order valence-corrected chi connectivity index (χ4v) is 3.46. The Bertz CT molecular complexity index is 848. The Kier molecular flexibility index (Phi) is 6.34. The molecule has 0 atom stereocenters. The molecular formula is C22H21NO2S. The molecular weight excluding hydrogens is 342 g/mol. The molecule has 0 aliphatic heterocycles. The van der Waals surface area contributed by atoms with Gasteiger partial charge in [-0.2, -0.15) is 0 Å². The third-order valence-electron chi connectivity index (χ3n) is 3.93. The maximum atomic E-state index is 12.4. The number of aryl methyl sites for hydroxylation is 1. The normalized spacial score (nSPS) is 10.3. The van der Waals surface area contributed by atoms with Crippen LogP contribution in [-0.2, 0) is 11.2 Å². The highest BCUT2D eigenvalue weighted by Crippen LogP contribution is 2.33. The van der Waals surface area contributed by atoms with E-state index in [2.05, 4.69) is 17.4 Å². The van der Waals surface area contributed by atoms with Gasteiger partial charge < -0.3 is 10.1 Å². The maximum absolute atomic E-state index is 12.4. The van der Waals surface area contributed by atoms with Crippen LogP contribution >= 0.6 is 11.8 Å². The number of hydrogen-bond acceptors (Lipinski definition) is 3. The first-order valence-electron chi connectivity index (χ1n) is 8.49. The molecule has 0 aromatic heterocycles. The van der Waals surface area contributed by atoms with E-state index in [9.17, 15) is 4.79 Å². The SMILES string of the molecule is COc1ccc(CCC(=O)Nc2ccccc2Sc2ccccc2)cc1. The summed E-state index contributed by atoms with van der Waals surface area (Å²) < 4.78 is 5.15. The summed E-state index contributed by atoms with van der Waals surface area (Å²) in [6, 6.07) is 25.8. The zero-order chi connectivity index (χ0) is 18.2. The van der Waals surface area contributed by atoms with Crippen LogP contribution in [0.1, 0.15) is 12.0 Å². The van der Waals surface area contributed by atoms with E-state index in [-0.39, 0.29) is 5.91 Å². The molecule has 0 saturated carbocycles. The van der Waals surface area contributed by atoms with Gasteiger partial charge in [-0.15, -0.1) is 0 Å². The summed E-state index contributed by atoms with van der Waals surface area (Å²) in [4.78, 5) is 14.6. The molecule has 0 unspecified atom stereocenters. The number of anilines is 1. The Morgan fingerprint density at radius 3 is 2.35 bits per heavy atom. The molecule has 26 heavy (non-hydrogen) atoms. The number of nitrogens with one attached hydrogen (secondary N) is 1. The Hall–Kier alpha value is -2.72. The van der Waals surface area contributed by atoms with Crippen molar-refractivity contribution in [3.05, 3.63) is 84.4 Å². The zero-order valence-electron chi connectivity index (χ0n) is 14.6. The minimum atomic E-state index is 0.0157. The third-order valence-corrected chi connectivity index (χ3v) is 5.02. The number of hydrogen-bond donors (Lipinski definition) is 1. The Labute approximate surface area is 158 Å². The fraction of sp³-hybridized carbons (Fsp3) is 0.136. The highest BCUT2D eigenvalue weighted by atomic mass is 32.2. The van der Waals surface area contributed by atoms with Crippen LogP contribution < -0.4 is 10.1 Å². The van der Waals surface area contributed by atoms with Crippen molar-refractivity contribution >= 4 is 23.4 Å². The predicted molar refractivity (Wildman–Crippen MR) is 107 cm³/mol. The minimum absolute atomic E-state index is 0.0157. The smallest absolute Gasteiger partial charge is 0.224 e. The molecule has 0 radical (unpaired) electrons. The first-order valence-corrected chi connectivity index (χ1v) is 9.31. The van der Waals surface area contributed by atoms with E-state index in [1.54, 1.807) is 18.9 Å². The van der Waals surface area contributed by atoms with Crippen molar-refractivity contribution < 1.29 is 9.53 Å². The highest BCUT2D eigenvalue weighted by molar-refractivity contribution is 7.99. The van der Waals surface area contributed by atoms with Crippen LogP contribution in [0.3, 0.4) is 0 Å². The highest BCUT2D eigenvalue weighted by Gasteiger charge is 2.08. The quantitative estimate of drug-likeness (QED) is 0.609. The number of methoxy groups -OCH3 is 1. The molecule has 3 rings (SSSR count). The molecule has 0 heterocycles. The molecule has 3 nitrogen and oxygen atoms in total. The van der Waals surface area contributed by atoms with Crippen LogP contribution in [-0.4, -0.2) is 13.0 Å². The molecule has 0 aliphatic rings. The van der Waals surface area contributed by atoms with Crippen molar-refractivity contribution in [1.29, 1.82) is 0 Å². The van der Waals surface area contributed by atoms with Gasteiger partial charge in [-0.05, 0) is 48.4 Å². The van der Waals surface area contributed by atoms with Crippen LogP contribution in [0.5, 0.6) is 5.75 Å². The lowest BCUT2D eigenvalue weighted by molar-refractivity contribution is -0.116. The molecule has 3 aromatic rings. The summed E-state index contributed by atoms with van der Waals surface area (Å²) in [6.07, 6.45) is 1.14. The van der Waals surface area contributed by atoms with Crippen molar-refractivity contribution in [2.45, 2.75) is 22.6 Å². The monoisotopic (exact) mass is 363 g/mol. The lowest BCUT2D eigenvalue weighted by atomic mass is 10.1. The largest absolute Gasteiger partial charge is 0.497 e. The first-order chi connectivity index (χ1) is 12.7. The number of carbonyl (C=O) groups is 1. The molecule has 1 amide bonds. The van der Waals surface area contributed by atoms with Gasteiger partial charge in [0.25, 0.3) is 0 Å². The number of carbonyl (C=O) groups excluding carboxylic acids is 1. The first kappa shape index (κ1) is 18.1. The van der Waals surface area contributed by atoms with Gasteiger partial charge in [-0.1, -0.05) is 54.2 Å². The Morgan fingerprint density at radius 2 is 1.62 bits per heavy atom. The average Bonchev–Trinajstić information content (AvgIpc) is 2.69. The van der Waals surface area contributed by atoms with E-state index in [0.29, 0.717) is 12.8 Å².